The summed E-state index contributed by atoms with van der Waals surface area (Å²) in [7, 11) is 0. The lowest BCUT2D eigenvalue weighted by Crippen LogP contribution is -2.09. The van der Waals surface area contributed by atoms with Crippen molar-refractivity contribution in [1.82, 2.24) is 0 Å². The van der Waals surface area contributed by atoms with E-state index in [-0.39, 0.29) is 0 Å². The Morgan fingerprint density at radius 1 is 1.40 bits per heavy atom. The van der Waals surface area contributed by atoms with Crippen LogP contribution in [0.15, 0.2) is 24.3 Å². The lowest BCUT2D eigenvalue weighted by atomic mass is 10.3. The Balaban J connectivity index is 2.51. The fourth-order valence-corrected chi connectivity index (χ4v) is 0.859. The van der Waals surface area contributed by atoms with E-state index in [4.69, 9.17) is 0 Å². The van der Waals surface area contributed by atoms with Crippen molar-refractivity contribution >= 4 is 11.4 Å². The highest BCUT2D eigenvalue weighted by atomic mass is 17.0. The maximum Gasteiger partial charge on any atom is 0.0876 e. The molecule has 0 fully saturated rings. The van der Waals surface area contributed by atoms with E-state index in [0.717, 1.165) is 0 Å². The van der Waals surface area contributed by atoms with Crippen LogP contribution in [0.5, 0.6) is 0 Å². The molecule has 4 nitrogen and oxygen atoms in total. The SMILES string of the molecule is [O-]N1ONc2ccccc21. The zero-order chi connectivity index (χ0) is 6.97. The Kier molecular flexibility index (Phi) is 1.03. The number of rotatable bonds is 0. The van der Waals surface area contributed by atoms with Gasteiger partial charge in [-0.25, -0.2) is 5.48 Å². The van der Waals surface area contributed by atoms with Gasteiger partial charge < -0.3 is 5.21 Å². The zero-order valence-corrected chi connectivity index (χ0v) is 5.07. The molecular formula is C6H5N2O2-. The number of hydrogen-bond acceptors (Lipinski definition) is 4. The molecule has 0 atom stereocenters. The van der Waals surface area contributed by atoms with Gasteiger partial charge in [0.2, 0.25) is 0 Å². The van der Waals surface area contributed by atoms with Gasteiger partial charge in [-0.3, -0.25) is 5.23 Å². The van der Waals surface area contributed by atoms with Crippen molar-refractivity contribution in [3.8, 4) is 0 Å². The van der Waals surface area contributed by atoms with Crippen molar-refractivity contribution in [1.29, 1.82) is 0 Å². The summed E-state index contributed by atoms with van der Waals surface area (Å²) in [5.41, 5.74) is 3.69. The molecule has 0 saturated carbocycles. The van der Waals surface area contributed by atoms with E-state index in [2.05, 4.69) is 10.4 Å². The molecule has 10 heavy (non-hydrogen) atoms. The molecule has 1 aromatic rings. The largest absolute Gasteiger partial charge is 0.731 e. The first-order chi connectivity index (χ1) is 4.88. The molecule has 52 valence electrons. The standard InChI is InChI=1S/C6H5N2O2/c9-8-6-4-2-1-3-5(6)7-10-8/h1-4,7H/q-1. The summed E-state index contributed by atoms with van der Waals surface area (Å²) in [5.74, 6) is 0. The lowest BCUT2D eigenvalue weighted by Gasteiger charge is -2.18. The van der Waals surface area contributed by atoms with Crippen LogP contribution in [0.2, 0.25) is 0 Å². The van der Waals surface area contributed by atoms with E-state index < -0.39 is 0 Å². The summed E-state index contributed by atoms with van der Waals surface area (Å²) in [6.07, 6.45) is 0. The highest BCUT2D eigenvalue weighted by molar-refractivity contribution is 5.70. The minimum atomic E-state index is 0.440. The van der Waals surface area contributed by atoms with E-state index in [1.165, 1.54) is 0 Å². The Hall–Kier alpha value is -1.26. The van der Waals surface area contributed by atoms with Gasteiger partial charge in [0.1, 0.15) is 0 Å². The van der Waals surface area contributed by atoms with Crippen LogP contribution in [0.25, 0.3) is 0 Å². The molecule has 0 aromatic heterocycles. The number of nitrogens with zero attached hydrogens (tertiary/aromatic N) is 1. The van der Waals surface area contributed by atoms with Crippen LogP contribution in [-0.2, 0) is 4.94 Å². The zero-order valence-electron chi connectivity index (χ0n) is 5.07. The van der Waals surface area contributed by atoms with Crippen molar-refractivity contribution in [3.63, 3.8) is 0 Å². The molecule has 1 aliphatic rings. The van der Waals surface area contributed by atoms with Gasteiger partial charge in [0.25, 0.3) is 0 Å². The van der Waals surface area contributed by atoms with Crippen molar-refractivity contribution in [2.24, 2.45) is 0 Å². The highest BCUT2D eigenvalue weighted by Gasteiger charge is 2.10. The van der Waals surface area contributed by atoms with Crippen LogP contribution >= 0.6 is 0 Å². The smallest absolute Gasteiger partial charge is 0.0876 e. The van der Waals surface area contributed by atoms with E-state index in [1.54, 1.807) is 18.2 Å². The van der Waals surface area contributed by atoms with Gasteiger partial charge >= 0.3 is 0 Å². The predicted molar refractivity (Wildman–Crippen MR) is 37.0 cm³/mol. The van der Waals surface area contributed by atoms with Gasteiger partial charge in [0.05, 0.1) is 11.4 Å². The van der Waals surface area contributed by atoms with E-state index >= 15 is 0 Å². The first kappa shape index (κ1) is 5.52. The molecule has 0 bridgehead atoms. The summed E-state index contributed by atoms with van der Waals surface area (Å²) < 4.78 is 0. The lowest BCUT2D eigenvalue weighted by molar-refractivity contribution is 0.211. The van der Waals surface area contributed by atoms with Crippen LogP contribution in [-0.4, -0.2) is 0 Å². The molecule has 0 saturated heterocycles. The average molecular weight is 137 g/mol. The molecule has 0 spiro atoms. The first-order valence-corrected chi connectivity index (χ1v) is 2.87. The van der Waals surface area contributed by atoms with Gasteiger partial charge in [0, 0.05) is 0 Å². The molecule has 1 heterocycles. The molecule has 0 aliphatic carbocycles. The maximum absolute atomic E-state index is 10.7. The van der Waals surface area contributed by atoms with Crippen LogP contribution < -0.4 is 10.7 Å². The second-order valence-electron chi connectivity index (χ2n) is 1.97. The Labute approximate surface area is 57.5 Å². The number of anilines is 2. The summed E-state index contributed by atoms with van der Waals surface area (Å²) in [5, 5.41) is 11.1. The number of hydrogen-bond donors (Lipinski definition) is 1. The normalized spacial score (nSPS) is 14.7. The van der Waals surface area contributed by atoms with Gasteiger partial charge in [-0.2, -0.15) is 4.94 Å². The van der Waals surface area contributed by atoms with Crippen LogP contribution in [0, 0.1) is 5.21 Å². The molecular weight excluding hydrogens is 132 g/mol. The Morgan fingerprint density at radius 2 is 2.20 bits per heavy atom. The van der Waals surface area contributed by atoms with Gasteiger partial charge in [-0.1, -0.05) is 12.1 Å². The average Bonchev–Trinajstić information content (AvgIpc) is 2.34. The highest BCUT2D eigenvalue weighted by Crippen LogP contribution is 2.29. The van der Waals surface area contributed by atoms with Gasteiger partial charge in [0.15, 0.2) is 0 Å². The van der Waals surface area contributed by atoms with E-state index in [9.17, 15) is 5.21 Å². The Bertz CT molecular complexity index is 251. The predicted octanol–water partition coefficient (Wildman–Crippen LogP) is 1.26. The number of fused-ring (bicyclic) bond motifs is 1. The second kappa shape index (κ2) is 1.86. The monoisotopic (exact) mass is 137 g/mol. The fourth-order valence-electron chi connectivity index (χ4n) is 0.859. The molecule has 0 radical (unpaired) electrons. The quantitative estimate of drug-likeness (QED) is 0.584. The Morgan fingerprint density at radius 3 is 3.00 bits per heavy atom. The van der Waals surface area contributed by atoms with Crippen molar-refractivity contribution in [2.45, 2.75) is 0 Å². The molecule has 4 heteroatoms. The third-order valence-electron chi connectivity index (χ3n) is 1.34. The van der Waals surface area contributed by atoms with Gasteiger partial charge in [-0.15, -0.1) is 0 Å². The van der Waals surface area contributed by atoms with Gasteiger partial charge in [-0.05, 0) is 12.1 Å². The molecule has 1 aliphatic heterocycles. The van der Waals surface area contributed by atoms with Crippen LogP contribution in [0.4, 0.5) is 11.4 Å². The first-order valence-electron chi connectivity index (χ1n) is 2.87. The van der Waals surface area contributed by atoms with Crippen molar-refractivity contribution in [2.75, 3.05) is 10.7 Å². The topological polar surface area (TPSA) is 47.6 Å². The fraction of sp³-hybridized carbons (Fsp3) is 0. The summed E-state index contributed by atoms with van der Waals surface area (Å²) in [6, 6.07) is 7.06. The molecule has 1 aromatic carbocycles. The minimum Gasteiger partial charge on any atom is -0.731 e. The molecule has 0 amide bonds. The number of para-hydroxylation sites is 2. The van der Waals surface area contributed by atoms with E-state index in [0.29, 0.717) is 16.6 Å². The second-order valence-corrected chi connectivity index (χ2v) is 1.97. The van der Waals surface area contributed by atoms with Crippen molar-refractivity contribution in [3.05, 3.63) is 29.5 Å². The summed E-state index contributed by atoms with van der Waals surface area (Å²) in [4.78, 5) is 4.45. The maximum atomic E-state index is 10.7. The molecule has 0 unspecified atom stereocenters. The minimum absolute atomic E-state index is 0.440. The number of nitrogens with one attached hydrogen (secondary N) is 1. The van der Waals surface area contributed by atoms with Crippen molar-refractivity contribution < 1.29 is 4.94 Å². The summed E-state index contributed by atoms with van der Waals surface area (Å²) in [6.45, 7) is 0. The summed E-state index contributed by atoms with van der Waals surface area (Å²) >= 11 is 0. The molecule has 1 N–H and O–H groups in total. The molecule has 2 rings (SSSR count). The van der Waals surface area contributed by atoms with Crippen LogP contribution in [0.3, 0.4) is 0 Å². The third-order valence-corrected chi connectivity index (χ3v) is 1.34. The van der Waals surface area contributed by atoms with Crippen LogP contribution in [0.1, 0.15) is 0 Å². The number of benzene rings is 1. The third kappa shape index (κ3) is 0.632. The van der Waals surface area contributed by atoms with E-state index in [1.807, 2.05) is 6.07 Å².